The van der Waals surface area contributed by atoms with Crippen LogP contribution in [0.15, 0.2) is 36.7 Å². The molecule has 0 radical (unpaired) electrons. The van der Waals surface area contributed by atoms with E-state index in [-0.39, 0.29) is 0 Å². The van der Waals surface area contributed by atoms with E-state index in [0.29, 0.717) is 5.92 Å². The summed E-state index contributed by atoms with van der Waals surface area (Å²) in [5, 5.41) is 5.24. The van der Waals surface area contributed by atoms with Crippen LogP contribution in [0.25, 0.3) is 11.1 Å². The molecule has 0 saturated carbocycles. The zero-order chi connectivity index (χ0) is 21.3. The van der Waals surface area contributed by atoms with Crippen LogP contribution in [0, 0.1) is 6.92 Å². The van der Waals surface area contributed by atoms with Crippen LogP contribution < -0.4 is 4.90 Å². The molecule has 6 nitrogen and oxygen atoms in total. The second-order valence-corrected chi connectivity index (χ2v) is 8.79. The Hall–Kier alpha value is -2.44. The van der Waals surface area contributed by atoms with E-state index in [1.165, 1.54) is 5.56 Å². The molecule has 0 N–H and O–H groups in total. The Morgan fingerprint density at radius 1 is 1.20 bits per heavy atom. The Labute approximate surface area is 183 Å². The molecule has 0 amide bonds. The Morgan fingerprint density at radius 3 is 2.63 bits per heavy atom. The third kappa shape index (κ3) is 4.50. The van der Waals surface area contributed by atoms with Crippen molar-refractivity contribution in [1.29, 1.82) is 0 Å². The number of rotatable bonds is 5. The maximum Gasteiger partial charge on any atom is 0.225 e. The van der Waals surface area contributed by atoms with E-state index in [1.54, 1.807) is 0 Å². The van der Waals surface area contributed by atoms with Crippen molar-refractivity contribution in [2.24, 2.45) is 7.05 Å². The summed E-state index contributed by atoms with van der Waals surface area (Å²) in [4.78, 5) is 14.1. The van der Waals surface area contributed by atoms with E-state index in [9.17, 15) is 0 Å². The molecule has 0 bridgehead atoms. The van der Waals surface area contributed by atoms with Gasteiger partial charge in [0.15, 0.2) is 0 Å². The van der Waals surface area contributed by atoms with Gasteiger partial charge in [0.1, 0.15) is 0 Å². The third-order valence-corrected chi connectivity index (χ3v) is 6.01. The predicted molar refractivity (Wildman–Crippen MR) is 122 cm³/mol. The molecule has 1 aliphatic heterocycles. The Kier molecular flexibility index (Phi) is 6.06. The summed E-state index contributed by atoms with van der Waals surface area (Å²) in [5.74, 6) is 1.12. The Bertz CT molecular complexity index is 1010. The lowest BCUT2D eigenvalue weighted by atomic mass is 9.89. The summed E-state index contributed by atoms with van der Waals surface area (Å²) in [6.45, 7) is 5.10. The molecule has 4 rings (SSSR count). The van der Waals surface area contributed by atoms with E-state index >= 15 is 0 Å². The molecule has 0 unspecified atom stereocenters. The van der Waals surface area contributed by atoms with Gasteiger partial charge in [0.05, 0.1) is 11.4 Å². The number of likely N-dealkylation sites (tertiary alicyclic amines) is 1. The molecule has 3 heterocycles. The van der Waals surface area contributed by atoms with E-state index in [0.717, 1.165) is 66.0 Å². The summed E-state index contributed by atoms with van der Waals surface area (Å²) in [7, 11) is 5.95. The first-order chi connectivity index (χ1) is 14.4. The van der Waals surface area contributed by atoms with E-state index in [1.807, 2.05) is 49.1 Å². The fourth-order valence-corrected chi connectivity index (χ4v) is 4.36. The first-order valence-corrected chi connectivity index (χ1v) is 10.8. The molecule has 30 heavy (non-hydrogen) atoms. The van der Waals surface area contributed by atoms with Gasteiger partial charge in [0, 0.05) is 68.7 Å². The minimum atomic E-state index is 0.364. The average Bonchev–Trinajstić information content (AvgIpc) is 3.05. The zero-order valence-electron chi connectivity index (χ0n) is 18.1. The second kappa shape index (κ2) is 8.74. The third-order valence-electron chi connectivity index (χ3n) is 5.76. The normalized spacial score (nSPS) is 17.3. The first kappa shape index (κ1) is 20.8. The lowest BCUT2D eigenvalue weighted by molar-refractivity contribution is 0.198. The van der Waals surface area contributed by atoms with Gasteiger partial charge in [-0.15, -0.1) is 0 Å². The van der Waals surface area contributed by atoms with Crippen LogP contribution in [0.3, 0.4) is 0 Å². The number of nitrogens with zero attached hydrogens (tertiary/aromatic N) is 6. The molecular formula is C23H29ClN6. The molecular weight excluding hydrogens is 396 g/mol. The number of anilines is 1. The van der Waals surface area contributed by atoms with Gasteiger partial charge in [0.2, 0.25) is 5.95 Å². The van der Waals surface area contributed by atoms with Gasteiger partial charge in [-0.25, -0.2) is 9.97 Å². The van der Waals surface area contributed by atoms with Crippen molar-refractivity contribution in [3.8, 4) is 11.1 Å². The summed E-state index contributed by atoms with van der Waals surface area (Å²) in [6, 6.07) is 7.97. The minimum absolute atomic E-state index is 0.364. The lowest BCUT2D eigenvalue weighted by Gasteiger charge is -2.33. The highest BCUT2D eigenvalue weighted by molar-refractivity contribution is 6.30. The summed E-state index contributed by atoms with van der Waals surface area (Å²) in [6.07, 6.45) is 6.39. The summed E-state index contributed by atoms with van der Waals surface area (Å²) < 4.78 is 1.90. The number of aryl methyl sites for hydroxylation is 2. The number of aromatic nitrogens is 4. The standard InChI is InChI=1S/C23H29ClN6/c1-16-19(13-29(4)27-16)15-30-11-5-6-18(14-30)22-21(12-25-23(26-22)28(2)3)17-7-9-20(24)10-8-17/h7-10,12-13,18H,5-6,11,14-15H2,1-4H3/t18-/m0/s1. The van der Waals surface area contributed by atoms with Crippen molar-refractivity contribution in [1.82, 2.24) is 24.6 Å². The van der Waals surface area contributed by atoms with Crippen LogP contribution in [0.4, 0.5) is 5.95 Å². The highest BCUT2D eigenvalue weighted by atomic mass is 35.5. The molecule has 1 atom stereocenters. The summed E-state index contributed by atoms with van der Waals surface area (Å²) >= 11 is 6.11. The monoisotopic (exact) mass is 424 g/mol. The van der Waals surface area contributed by atoms with Crippen molar-refractivity contribution in [2.75, 3.05) is 32.1 Å². The van der Waals surface area contributed by atoms with E-state index in [4.69, 9.17) is 16.6 Å². The van der Waals surface area contributed by atoms with Crippen LogP contribution in [-0.2, 0) is 13.6 Å². The Balaban J connectivity index is 1.64. The van der Waals surface area contributed by atoms with Crippen molar-refractivity contribution in [2.45, 2.75) is 32.2 Å². The molecule has 1 aromatic carbocycles. The average molecular weight is 425 g/mol. The molecule has 0 spiro atoms. The van der Waals surface area contributed by atoms with Crippen LogP contribution in [0.2, 0.25) is 5.02 Å². The van der Waals surface area contributed by atoms with Gasteiger partial charge in [0.25, 0.3) is 0 Å². The van der Waals surface area contributed by atoms with Gasteiger partial charge in [-0.2, -0.15) is 5.10 Å². The minimum Gasteiger partial charge on any atom is -0.347 e. The topological polar surface area (TPSA) is 50.1 Å². The number of benzene rings is 1. The van der Waals surface area contributed by atoms with Gasteiger partial charge in [-0.05, 0) is 44.0 Å². The molecule has 1 aliphatic rings. The van der Waals surface area contributed by atoms with Crippen LogP contribution in [-0.4, -0.2) is 51.8 Å². The molecule has 1 saturated heterocycles. The maximum atomic E-state index is 6.11. The number of hydrogen-bond acceptors (Lipinski definition) is 5. The zero-order valence-corrected chi connectivity index (χ0v) is 18.9. The van der Waals surface area contributed by atoms with Gasteiger partial charge in [-0.1, -0.05) is 23.7 Å². The molecule has 3 aromatic rings. The predicted octanol–water partition coefficient (Wildman–Crippen LogP) is 4.28. The van der Waals surface area contributed by atoms with E-state index in [2.05, 4.69) is 40.2 Å². The van der Waals surface area contributed by atoms with Gasteiger partial charge < -0.3 is 4.90 Å². The second-order valence-electron chi connectivity index (χ2n) is 8.36. The van der Waals surface area contributed by atoms with Crippen molar-refractivity contribution in [3.05, 3.63) is 58.6 Å². The van der Waals surface area contributed by atoms with Crippen molar-refractivity contribution < 1.29 is 0 Å². The number of piperidine rings is 1. The largest absolute Gasteiger partial charge is 0.347 e. The van der Waals surface area contributed by atoms with Crippen LogP contribution in [0.1, 0.15) is 35.7 Å². The number of hydrogen-bond donors (Lipinski definition) is 0. The van der Waals surface area contributed by atoms with E-state index < -0.39 is 0 Å². The summed E-state index contributed by atoms with van der Waals surface area (Å²) in [5.41, 5.74) is 5.75. The van der Waals surface area contributed by atoms with Crippen LogP contribution >= 0.6 is 11.6 Å². The molecule has 0 aliphatic carbocycles. The number of halogens is 1. The quantitative estimate of drug-likeness (QED) is 0.611. The van der Waals surface area contributed by atoms with Gasteiger partial charge >= 0.3 is 0 Å². The molecule has 2 aromatic heterocycles. The Morgan fingerprint density at radius 2 is 1.97 bits per heavy atom. The lowest BCUT2D eigenvalue weighted by Crippen LogP contribution is -2.34. The highest BCUT2D eigenvalue weighted by Gasteiger charge is 2.26. The highest BCUT2D eigenvalue weighted by Crippen LogP contribution is 2.34. The first-order valence-electron chi connectivity index (χ1n) is 10.4. The van der Waals surface area contributed by atoms with Gasteiger partial charge in [-0.3, -0.25) is 9.58 Å². The fourth-order valence-electron chi connectivity index (χ4n) is 4.23. The molecule has 158 valence electrons. The van der Waals surface area contributed by atoms with Crippen molar-refractivity contribution in [3.63, 3.8) is 0 Å². The van der Waals surface area contributed by atoms with Crippen molar-refractivity contribution >= 4 is 17.5 Å². The fraction of sp³-hybridized carbons (Fsp3) is 0.435. The maximum absolute atomic E-state index is 6.11. The van der Waals surface area contributed by atoms with Crippen LogP contribution in [0.5, 0.6) is 0 Å². The molecule has 7 heteroatoms. The SMILES string of the molecule is Cc1nn(C)cc1CN1CCC[C@H](c2nc(N(C)C)ncc2-c2ccc(Cl)cc2)C1. The molecule has 1 fully saturated rings. The smallest absolute Gasteiger partial charge is 0.225 e.